The topological polar surface area (TPSA) is 42.7 Å². The van der Waals surface area contributed by atoms with Gasteiger partial charge in [-0.1, -0.05) is 0 Å². The number of aromatic nitrogens is 3. The highest BCUT2D eigenvalue weighted by Crippen LogP contribution is 2.22. The van der Waals surface area contributed by atoms with Crippen molar-refractivity contribution in [2.24, 2.45) is 7.05 Å². The Morgan fingerprint density at radius 2 is 2.29 bits per heavy atom. The second kappa shape index (κ2) is 3.79. The maximum absolute atomic E-state index is 4.21. The number of hydrogen-bond donors (Lipinski definition) is 1. The van der Waals surface area contributed by atoms with E-state index in [2.05, 4.69) is 31.3 Å². The highest BCUT2D eigenvalue weighted by molar-refractivity contribution is 9.10. The molecule has 2 rings (SSSR count). The zero-order valence-corrected chi connectivity index (χ0v) is 9.19. The fraction of sp³-hybridized carbons (Fsp3) is 0.111. The third-order valence-electron chi connectivity index (χ3n) is 1.75. The van der Waals surface area contributed by atoms with Gasteiger partial charge in [0.2, 0.25) is 0 Å². The lowest BCUT2D eigenvalue weighted by Crippen LogP contribution is -1.94. The minimum atomic E-state index is 0.819. The van der Waals surface area contributed by atoms with Gasteiger partial charge in [0.05, 0.1) is 10.2 Å². The van der Waals surface area contributed by atoms with Crippen LogP contribution in [-0.2, 0) is 7.05 Å². The molecular weight excluding hydrogens is 244 g/mol. The summed E-state index contributed by atoms with van der Waals surface area (Å²) in [5, 5.41) is 7.39. The lowest BCUT2D eigenvalue weighted by molar-refractivity contribution is 0.771. The average Bonchev–Trinajstić information content (AvgIpc) is 2.56. The molecule has 0 aliphatic heterocycles. The Hall–Kier alpha value is -1.36. The molecule has 0 saturated heterocycles. The number of nitrogens with one attached hydrogen (secondary N) is 1. The van der Waals surface area contributed by atoms with Gasteiger partial charge in [0.15, 0.2) is 5.82 Å². The molecule has 0 aromatic carbocycles. The number of hydrogen-bond acceptors (Lipinski definition) is 3. The number of halogens is 1. The molecule has 0 unspecified atom stereocenters. The average molecular weight is 253 g/mol. The summed E-state index contributed by atoms with van der Waals surface area (Å²) in [6.45, 7) is 0. The van der Waals surface area contributed by atoms with E-state index in [1.165, 1.54) is 0 Å². The van der Waals surface area contributed by atoms with Crippen molar-refractivity contribution in [2.75, 3.05) is 5.32 Å². The van der Waals surface area contributed by atoms with E-state index < -0.39 is 0 Å². The molecule has 0 atom stereocenters. The normalized spacial score (nSPS) is 10.1. The quantitative estimate of drug-likeness (QED) is 0.893. The molecular formula is C9H9BrN4. The van der Waals surface area contributed by atoms with Gasteiger partial charge in [-0.3, -0.25) is 9.67 Å². The van der Waals surface area contributed by atoms with E-state index in [1.54, 1.807) is 17.1 Å². The van der Waals surface area contributed by atoms with Gasteiger partial charge in [0.1, 0.15) is 0 Å². The SMILES string of the molecule is Cn1ccc(Nc2ccncc2Br)n1. The van der Waals surface area contributed by atoms with Crippen molar-refractivity contribution in [3.8, 4) is 0 Å². The van der Waals surface area contributed by atoms with E-state index in [-0.39, 0.29) is 0 Å². The van der Waals surface area contributed by atoms with Gasteiger partial charge >= 0.3 is 0 Å². The highest BCUT2D eigenvalue weighted by atomic mass is 79.9. The van der Waals surface area contributed by atoms with E-state index in [0.29, 0.717) is 0 Å². The fourth-order valence-corrected chi connectivity index (χ4v) is 1.45. The van der Waals surface area contributed by atoms with Crippen LogP contribution in [0.2, 0.25) is 0 Å². The maximum atomic E-state index is 4.21. The van der Waals surface area contributed by atoms with Crippen molar-refractivity contribution < 1.29 is 0 Å². The largest absolute Gasteiger partial charge is 0.338 e. The molecule has 5 heteroatoms. The Kier molecular flexibility index (Phi) is 2.49. The molecule has 0 spiro atoms. The molecule has 0 aliphatic carbocycles. The second-order valence-electron chi connectivity index (χ2n) is 2.86. The van der Waals surface area contributed by atoms with E-state index in [9.17, 15) is 0 Å². The zero-order valence-electron chi connectivity index (χ0n) is 7.61. The predicted molar refractivity (Wildman–Crippen MR) is 58.4 cm³/mol. The molecule has 0 fully saturated rings. The van der Waals surface area contributed by atoms with E-state index in [0.717, 1.165) is 16.0 Å². The first-order valence-electron chi connectivity index (χ1n) is 4.12. The van der Waals surface area contributed by atoms with E-state index in [1.807, 2.05) is 25.4 Å². The van der Waals surface area contributed by atoms with Gasteiger partial charge in [0.25, 0.3) is 0 Å². The van der Waals surface area contributed by atoms with Crippen LogP contribution < -0.4 is 5.32 Å². The lowest BCUT2D eigenvalue weighted by atomic mass is 10.4. The number of rotatable bonds is 2. The monoisotopic (exact) mass is 252 g/mol. The van der Waals surface area contributed by atoms with Crippen LogP contribution in [-0.4, -0.2) is 14.8 Å². The predicted octanol–water partition coefficient (Wildman–Crippen LogP) is 2.32. The molecule has 1 N–H and O–H groups in total. The van der Waals surface area contributed by atoms with Crippen LogP contribution in [0.25, 0.3) is 0 Å². The molecule has 2 aromatic heterocycles. The number of aryl methyl sites for hydroxylation is 1. The Morgan fingerprint density at radius 1 is 1.43 bits per heavy atom. The van der Waals surface area contributed by atoms with Gasteiger partial charge in [-0.25, -0.2) is 0 Å². The number of pyridine rings is 1. The molecule has 2 aromatic rings. The third kappa shape index (κ3) is 1.93. The van der Waals surface area contributed by atoms with Crippen LogP contribution in [0.4, 0.5) is 11.5 Å². The van der Waals surface area contributed by atoms with Crippen LogP contribution >= 0.6 is 15.9 Å². The summed E-state index contributed by atoms with van der Waals surface area (Å²) in [5.41, 5.74) is 0.957. The molecule has 72 valence electrons. The van der Waals surface area contributed by atoms with Crippen molar-refractivity contribution in [3.05, 3.63) is 35.2 Å². The first-order valence-corrected chi connectivity index (χ1v) is 4.91. The summed E-state index contributed by atoms with van der Waals surface area (Å²) in [7, 11) is 1.88. The number of nitrogens with zero attached hydrogens (tertiary/aromatic N) is 3. The zero-order chi connectivity index (χ0) is 9.97. The van der Waals surface area contributed by atoms with Crippen LogP contribution in [0, 0.1) is 0 Å². The van der Waals surface area contributed by atoms with Crippen molar-refractivity contribution in [1.82, 2.24) is 14.8 Å². The van der Waals surface area contributed by atoms with E-state index >= 15 is 0 Å². The Morgan fingerprint density at radius 3 is 2.93 bits per heavy atom. The molecule has 14 heavy (non-hydrogen) atoms. The van der Waals surface area contributed by atoms with Crippen molar-refractivity contribution in [3.63, 3.8) is 0 Å². The van der Waals surface area contributed by atoms with Crippen LogP contribution in [0.1, 0.15) is 0 Å². The first-order chi connectivity index (χ1) is 6.75. The van der Waals surface area contributed by atoms with Crippen molar-refractivity contribution in [2.45, 2.75) is 0 Å². The Bertz CT molecular complexity index is 438. The molecule has 0 aliphatic rings. The fourth-order valence-electron chi connectivity index (χ4n) is 1.10. The van der Waals surface area contributed by atoms with Crippen molar-refractivity contribution in [1.29, 1.82) is 0 Å². The van der Waals surface area contributed by atoms with Gasteiger partial charge < -0.3 is 5.32 Å². The van der Waals surface area contributed by atoms with Gasteiger partial charge in [-0.05, 0) is 22.0 Å². The summed E-state index contributed by atoms with van der Waals surface area (Å²) in [4.78, 5) is 3.98. The standard InChI is InChI=1S/C9H9BrN4/c1-14-5-3-9(13-14)12-8-2-4-11-6-7(8)10/h2-6H,1H3,(H,11,12,13). The third-order valence-corrected chi connectivity index (χ3v) is 2.38. The van der Waals surface area contributed by atoms with Crippen molar-refractivity contribution >= 4 is 27.4 Å². The molecule has 4 nitrogen and oxygen atoms in total. The molecule has 0 radical (unpaired) electrons. The Balaban J connectivity index is 2.23. The smallest absolute Gasteiger partial charge is 0.152 e. The molecule has 2 heterocycles. The van der Waals surface area contributed by atoms with Crippen LogP contribution in [0.15, 0.2) is 35.2 Å². The van der Waals surface area contributed by atoms with Gasteiger partial charge in [-0.15, -0.1) is 0 Å². The van der Waals surface area contributed by atoms with Crippen LogP contribution in [0.5, 0.6) is 0 Å². The second-order valence-corrected chi connectivity index (χ2v) is 3.71. The molecule has 0 saturated carbocycles. The molecule has 0 bridgehead atoms. The summed E-state index contributed by atoms with van der Waals surface area (Å²) in [6.07, 6.45) is 5.36. The Labute approximate surface area is 90.1 Å². The van der Waals surface area contributed by atoms with Gasteiger partial charge in [-0.2, -0.15) is 5.10 Å². The lowest BCUT2D eigenvalue weighted by Gasteiger charge is -2.03. The van der Waals surface area contributed by atoms with Gasteiger partial charge in [0, 0.05) is 31.7 Å². The minimum absolute atomic E-state index is 0.819. The summed E-state index contributed by atoms with van der Waals surface area (Å²) >= 11 is 3.40. The van der Waals surface area contributed by atoms with E-state index in [4.69, 9.17) is 0 Å². The summed E-state index contributed by atoms with van der Waals surface area (Å²) in [5.74, 6) is 0.819. The summed E-state index contributed by atoms with van der Waals surface area (Å²) < 4.78 is 2.67. The number of anilines is 2. The molecule has 0 amide bonds. The highest BCUT2D eigenvalue weighted by Gasteiger charge is 2.00. The van der Waals surface area contributed by atoms with Crippen LogP contribution in [0.3, 0.4) is 0 Å². The maximum Gasteiger partial charge on any atom is 0.152 e. The minimum Gasteiger partial charge on any atom is -0.338 e. The first kappa shape index (κ1) is 9.21. The summed E-state index contributed by atoms with van der Waals surface area (Å²) in [6, 6.07) is 3.80.